The van der Waals surface area contributed by atoms with Gasteiger partial charge in [-0.2, -0.15) is 0 Å². The fraction of sp³-hybridized carbons (Fsp3) is 0.556. The van der Waals surface area contributed by atoms with E-state index in [1.807, 2.05) is 24.5 Å². The van der Waals surface area contributed by atoms with Crippen molar-refractivity contribution >= 4 is 23.3 Å². The number of hydrogen-bond acceptors (Lipinski definition) is 4. The summed E-state index contributed by atoms with van der Waals surface area (Å²) in [5.74, 6) is 0.948. The average Bonchev–Trinajstić information content (AvgIpc) is 2.87. The van der Waals surface area contributed by atoms with Crippen LogP contribution in [0.5, 0.6) is 0 Å². The third-order valence-electron chi connectivity index (χ3n) is 5.46. The second kappa shape index (κ2) is 6.14. The van der Waals surface area contributed by atoms with Gasteiger partial charge in [-0.25, -0.2) is 4.98 Å². The van der Waals surface area contributed by atoms with Crippen molar-refractivity contribution in [3.8, 4) is 0 Å². The molecule has 0 radical (unpaired) electrons. The summed E-state index contributed by atoms with van der Waals surface area (Å²) in [6.07, 6.45) is 2.88. The summed E-state index contributed by atoms with van der Waals surface area (Å²) in [7, 11) is 0. The molecule has 3 heterocycles. The number of aryl methyl sites for hydroxylation is 1. The maximum absolute atomic E-state index is 13.0. The number of fused-ring (bicyclic) bond motifs is 3. The maximum Gasteiger partial charge on any atom is 0.261 e. The fourth-order valence-corrected chi connectivity index (χ4v) is 4.14. The molecule has 0 saturated carbocycles. The Kier molecular flexibility index (Phi) is 4.45. The number of hydrogen-bond donors (Lipinski definition) is 1. The van der Waals surface area contributed by atoms with Crippen LogP contribution < -0.4 is 11.3 Å². The molecule has 4 rings (SSSR count). The van der Waals surface area contributed by atoms with Gasteiger partial charge in [-0.3, -0.25) is 9.36 Å². The minimum Gasteiger partial charge on any atom is -0.381 e. The van der Waals surface area contributed by atoms with Crippen LogP contribution in [-0.4, -0.2) is 22.8 Å². The fourth-order valence-electron chi connectivity index (χ4n) is 4.14. The molecule has 0 amide bonds. The number of nitrogens with zero attached hydrogens (tertiary/aromatic N) is 2. The van der Waals surface area contributed by atoms with Gasteiger partial charge in [0.2, 0.25) is 0 Å². The van der Waals surface area contributed by atoms with Gasteiger partial charge >= 0.3 is 0 Å². The maximum atomic E-state index is 13.0. The molecule has 1 saturated heterocycles. The van der Waals surface area contributed by atoms with Crippen LogP contribution in [0.4, 0.5) is 0 Å². The van der Waals surface area contributed by atoms with Crippen LogP contribution in [0.1, 0.15) is 49.2 Å². The van der Waals surface area contributed by atoms with E-state index >= 15 is 0 Å². The van der Waals surface area contributed by atoms with Crippen LogP contribution in [0.2, 0.25) is 0 Å². The lowest BCUT2D eigenvalue weighted by Crippen LogP contribution is -2.34. The molecule has 0 aliphatic carbocycles. The SMILES string of the molecule is Cc1cc([C@@H](C)N)c2nc3n(c(=O)c2c1)CCC31CCOCC1.Cl. The zero-order chi connectivity index (χ0) is 16.2. The molecule has 1 atom stereocenters. The lowest BCUT2D eigenvalue weighted by molar-refractivity contribution is 0.0492. The number of halogens is 1. The molecule has 2 aromatic rings. The highest BCUT2D eigenvalue weighted by Gasteiger charge is 2.42. The number of nitrogens with two attached hydrogens (primary N) is 1. The van der Waals surface area contributed by atoms with E-state index in [0.717, 1.165) is 61.5 Å². The van der Waals surface area contributed by atoms with Crippen molar-refractivity contribution in [2.45, 2.75) is 51.1 Å². The zero-order valence-electron chi connectivity index (χ0n) is 14.2. The minimum atomic E-state index is -0.139. The van der Waals surface area contributed by atoms with Crippen LogP contribution in [-0.2, 0) is 16.7 Å². The molecule has 0 bridgehead atoms. The third kappa shape index (κ3) is 2.46. The topological polar surface area (TPSA) is 70.1 Å². The van der Waals surface area contributed by atoms with Crippen LogP contribution >= 0.6 is 12.4 Å². The molecule has 2 N–H and O–H groups in total. The summed E-state index contributed by atoms with van der Waals surface area (Å²) in [6.45, 7) is 6.22. The van der Waals surface area contributed by atoms with Crippen LogP contribution in [0.3, 0.4) is 0 Å². The molecule has 1 aromatic heterocycles. The zero-order valence-corrected chi connectivity index (χ0v) is 15.0. The van der Waals surface area contributed by atoms with Gasteiger partial charge in [-0.15, -0.1) is 12.4 Å². The van der Waals surface area contributed by atoms with E-state index in [0.29, 0.717) is 5.39 Å². The Balaban J connectivity index is 0.00000169. The number of ether oxygens (including phenoxy) is 1. The quantitative estimate of drug-likeness (QED) is 0.859. The van der Waals surface area contributed by atoms with Gasteiger partial charge in [0.25, 0.3) is 5.56 Å². The number of rotatable bonds is 1. The van der Waals surface area contributed by atoms with Crippen molar-refractivity contribution in [1.29, 1.82) is 0 Å². The molecule has 2 aliphatic rings. The Morgan fingerprint density at radius 1 is 1.29 bits per heavy atom. The Morgan fingerprint density at radius 3 is 2.67 bits per heavy atom. The lowest BCUT2D eigenvalue weighted by atomic mass is 9.78. The Hall–Kier alpha value is -1.43. The summed E-state index contributed by atoms with van der Waals surface area (Å²) in [5, 5.41) is 0.699. The first-order valence-electron chi connectivity index (χ1n) is 8.41. The molecule has 1 aromatic carbocycles. The first kappa shape index (κ1) is 17.4. The summed E-state index contributed by atoms with van der Waals surface area (Å²) < 4.78 is 7.42. The second-order valence-electron chi connectivity index (χ2n) is 7.07. The highest BCUT2D eigenvalue weighted by molar-refractivity contribution is 5.85. The standard InChI is InChI=1S/C18H23N3O2.ClH/c1-11-9-13(12(2)19)15-14(10-11)16(22)21-6-3-18(17(21)20-15)4-7-23-8-5-18;/h9-10,12H,3-8,19H2,1-2H3;1H/t12-;/m1./s1. The van der Waals surface area contributed by atoms with Gasteiger partial charge < -0.3 is 10.5 Å². The van der Waals surface area contributed by atoms with Gasteiger partial charge in [-0.1, -0.05) is 6.07 Å². The van der Waals surface area contributed by atoms with Crippen molar-refractivity contribution in [3.63, 3.8) is 0 Å². The predicted molar refractivity (Wildman–Crippen MR) is 96.9 cm³/mol. The van der Waals surface area contributed by atoms with Gasteiger partial charge in [0.05, 0.1) is 10.9 Å². The van der Waals surface area contributed by atoms with Gasteiger partial charge in [0.1, 0.15) is 5.82 Å². The Labute approximate surface area is 147 Å². The van der Waals surface area contributed by atoms with Crippen molar-refractivity contribution < 1.29 is 4.74 Å². The van der Waals surface area contributed by atoms with E-state index in [4.69, 9.17) is 15.5 Å². The molecule has 0 unspecified atom stereocenters. The van der Waals surface area contributed by atoms with Gasteiger partial charge in [0.15, 0.2) is 0 Å². The predicted octanol–water partition coefficient (Wildman–Crippen LogP) is 2.60. The first-order chi connectivity index (χ1) is 11.0. The largest absolute Gasteiger partial charge is 0.381 e. The summed E-state index contributed by atoms with van der Waals surface area (Å²) in [4.78, 5) is 18.0. The molecule has 1 fully saturated rings. The molecule has 2 aliphatic heterocycles. The normalized spacial score (nSPS) is 20.0. The van der Waals surface area contributed by atoms with E-state index in [1.165, 1.54) is 0 Å². The monoisotopic (exact) mass is 349 g/mol. The summed E-state index contributed by atoms with van der Waals surface area (Å²) >= 11 is 0. The van der Waals surface area contributed by atoms with E-state index in [2.05, 4.69) is 6.07 Å². The molecular weight excluding hydrogens is 326 g/mol. The second-order valence-corrected chi connectivity index (χ2v) is 7.07. The van der Waals surface area contributed by atoms with Crippen molar-refractivity contribution in [3.05, 3.63) is 39.4 Å². The van der Waals surface area contributed by atoms with E-state index in [-0.39, 0.29) is 29.4 Å². The smallest absolute Gasteiger partial charge is 0.261 e. The Bertz CT molecular complexity index is 838. The van der Waals surface area contributed by atoms with Crippen LogP contribution in [0.25, 0.3) is 10.9 Å². The Morgan fingerprint density at radius 2 is 2.00 bits per heavy atom. The molecule has 6 heteroatoms. The summed E-state index contributed by atoms with van der Waals surface area (Å²) in [6, 6.07) is 3.86. The van der Waals surface area contributed by atoms with Crippen LogP contribution in [0.15, 0.2) is 16.9 Å². The summed E-state index contributed by atoms with van der Waals surface area (Å²) in [5.41, 5.74) is 9.05. The molecule has 130 valence electrons. The third-order valence-corrected chi connectivity index (χ3v) is 5.46. The lowest BCUT2D eigenvalue weighted by Gasteiger charge is -2.32. The highest BCUT2D eigenvalue weighted by atomic mass is 35.5. The number of benzene rings is 1. The molecule has 24 heavy (non-hydrogen) atoms. The first-order valence-corrected chi connectivity index (χ1v) is 8.41. The van der Waals surface area contributed by atoms with Gasteiger partial charge in [-0.05, 0) is 50.3 Å². The average molecular weight is 350 g/mol. The minimum absolute atomic E-state index is 0. The molecular formula is C18H24ClN3O2. The van der Waals surface area contributed by atoms with Crippen molar-refractivity contribution in [2.75, 3.05) is 13.2 Å². The van der Waals surface area contributed by atoms with Crippen molar-refractivity contribution in [1.82, 2.24) is 9.55 Å². The molecule has 1 spiro atoms. The van der Waals surface area contributed by atoms with E-state index < -0.39 is 0 Å². The highest BCUT2D eigenvalue weighted by Crippen LogP contribution is 2.41. The van der Waals surface area contributed by atoms with E-state index in [9.17, 15) is 4.79 Å². The van der Waals surface area contributed by atoms with Crippen molar-refractivity contribution in [2.24, 2.45) is 5.73 Å². The molecule has 5 nitrogen and oxygen atoms in total. The van der Waals surface area contributed by atoms with Gasteiger partial charge in [0, 0.05) is 31.2 Å². The van der Waals surface area contributed by atoms with Crippen LogP contribution in [0, 0.1) is 6.92 Å². The van der Waals surface area contributed by atoms with E-state index in [1.54, 1.807) is 0 Å². The number of aromatic nitrogens is 2.